The van der Waals surface area contributed by atoms with Crippen LogP contribution in [-0.2, 0) is 6.54 Å². The number of hydrogen-bond donors (Lipinski definition) is 2. The number of aliphatic hydroxyl groups is 1. The van der Waals surface area contributed by atoms with Gasteiger partial charge in [-0.1, -0.05) is 24.3 Å². The van der Waals surface area contributed by atoms with Crippen LogP contribution in [0.2, 0.25) is 0 Å². The number of nitrogens with one attached hydrogen (secondary N) is 1. The fourth-order valence-corrected chi connectivity index (χ4v) is 2.71. The summed E-state index contributed by atoms with van der Waals surface area (Å²) in [6.45, 7) is 0.602. The molecule has 0 aliphatic carbocycles. The smallest absolute Gasteiger partial charge is 0.261 e. The van der Waals surface area contributed by atoms with Gasteiger partial charge in [-0.3, -0.25) is 19.3 Å². The number of carbonyl (C=O) groups is 3. The molecule has 0 atom stereocenters. The molecule has 3 rings (SSSR count). The molecule has 0 spiro atoms. The normalized spacial score (nSPS) is 13.1. The summed E-state index contributed by atoms with van der Waals surface area (Å²) in [5.74, 6) is -0.821. The van der Waals surface area contributed by atoms with Crippen LogP contribution in [0.15, 0.2) is 48.5 Å². The van der Waals surface area contributed by atoms with E-state index in [2.05, 4.69) is 5.32 Å². The molecule has 0 saturated carbocycles. The SMILES string of the molecule is O=C(NCCCO)c1ccc(CN2C(=O)c3ccccc3C2=O)cc1. The standard InChI is InChI=1S/C19H18N2O4/c22-11-3-10-20-17(23)14-8-6-13(7-9-14)12-21-18(24)15-4-1-2-5-16(15)19(21)25/h1-2,4-9,22H,3,10-12H2,(H,20,23). The third-order valence-corrected chi connectivity index (χ3v) is 4.06. The van der Waals surface area contributed by atoms with Crippen LogP contribution >= 0.6 is 0 Å². The van der Waals surface area contributed by atoms with Crippen LogP contribution in [0.25, 0.3) is 0 Å². The van der Waals surface area contributed by atoms with Crippen molar-refractivity contribution in [3.05, 3.63) is 70.8 Å². The van der Waals surface area contributed by atoms with E-state index in [9.17, 15) is 14.4 Å². The van der Waals surface area contributed by atoms with Crippen LogP contribution < -0.4 is 5.32 Å². The van der Waals surface area contributed by atoms with Crippen molar-refractivity contribution >= 4 is 17.7 Å². The lowest BCUT2D eigenvalue weighted by molar-refractivity contribution is 0.0641. The number of hydrogen-bond acceptors (Lipinski definition) is 4. The second-order valence-electron chi connectivity index (χ2n) is 5.77. The average Bonchev–Trinajstić information content (AvgIpc) is 2.88. The van der Waals surface area contributed by atoms with Gasteiger partial charge in [0.25, 0.3) is 17.7 Å². The first-order chi connectivity index (χ1) is 12.1. The minimum Gasteiger partial charge on any atom is -0.396 e. The van der Waals surface area contributed by atoms with E-state index in [1.165, 1.54) is 4.90 Å². The lowest BCUT2D eigenvalue weighted by Crippen LogP contribution is -2.29. The maximum atomic E-state index is 12.4. The van der Waals surface area contributed by atoms with Crippen molar-refractivity contribution in [1.29, 1.82) is 0 Å². The fraction of sp³-hybridized carbons (Fsp3) is 0.211. The van der Waals surface area contributed by atoms with Gasteiger partial charge >= 0.3 is 0 Å². The Labute approximate surface area is 145 Å². The maximum absolute atomic E-state index is 12.4. The summed E-state index contributed by atoms with van der Waals surface area (Å²) in [6.07, 6.45) is 0.504. The summed E-state index contributed by atoms with van der Waals surface area (Å²) in [7, 11) is 0. The van der Waals surface area contributed by atoms with E-state index in [1.54, 1.807) is 48.5 Å². The van der Waals surface area contributed by atoms with Gasteiger partial charge in [0.05, 0.1) is 17.7 Å². The van der Waals surface area contributed by atoms with E-state index in [4.69, 9.17) is 5.11 Å². The number of rotatable bonds is 6. The Balaban J connectivity index is 1.67. The highest BCUT2D eigenvalue weighted by Crippen LogP contribution is 2.24. The van der Waals surface area contributed by atoms with E-state index in [1.807, 2.05) is 0 Å². The zero-order valence-corrected chi connectivity index (χ0v) is 13.6. The Morgan fingerprint density at radius 2 is 1.56 bits per heavy atom. The molecule has 25 heavy (non-hydrogen) atoms. The maximum Gasteiger partial charge on any atom is 0.261 e. The molecule has 3 amide bonds. The van der Waals surface area contributed by atoms with Crippen molar-refractivity contribution in [3.63, 3.8) is 0 Å². The summed E-state index contributed by atoms with van der Waals surface area (Å²) < 4.78 is 0. The molecule has 0 fully saturated rings. The number of amides is 3. The molecule has 1 aliphatic heterocycles. The Morgan fingerprint density at radius 3 is 2.12 bits per heavy atom. The van der Waals surface area contributed by atoms with E-state index in [0.717, 1.165) is 5.56 Å². The number of fused-ring (bicyclic) bond motifs is 1. The third kappa shape index (κ3) is 3.44. The summed E-state index contributed by atoms with van der Waals surface area (Å²) >= 11 is 0. The topological polar surface area (TPSA) is 86.7 Å². The number of aliphatic hydroxyl groups excluding tert-OH is 1. The molecule has 1 heterocycles. The highest BCUT2D eigenvalue weighted by molar-refractivity contribution is 6.21. The summed E-state index contributed by atoms with van der Waals surface area (Å²) in [5.41, 5.74) is 2.10. The Bertz CT molecular complexity index is 779. The molecule has 2 aromatic rings. The lowest BCUT2D eigenvalue weighted by Gasteiger charge is -2.14. The van der Waals surface area contributed by atoms with E-state index in [-0.39, 0.29) is 30.9 Å². The largest absolute Gasteiger partial charge is 0.396 e. The Hall–Kier alpha value is -2.99. The number of imide groups is 1. The molecule has 1 aliphatic rings. The zero-order chi connectivity index (χ0) is 17.8. The highest BCUT2D eigenvalue weighted by Gasteiger charge is 2.34. The molecule has 0 aromatic heterocycles. The van der Waals surface area contributed by atoms with Crippen LogP contribution in [0.4, 0.5) is 0 Å². The van der Waals surface area contributed by atoms with E-state index >= 15 is 0 Å². The number of nitrogens with zero attached hydrogens (tertiary/aromatic N) is 1. The van der Waals surface area contributed by atoms with Crippen molar-refractivity contribution in [2.75, 3.05) is 13.2 Å². The molecule has 2 N–H and O–H groups in total. The molecule has 0 saturated heterocycles. The highest BCUT2D eigenvalue weighted by atomic mass is 16.3. The number of benzene rings is 2. The molecule has 0 radical (unpaired) electrons. The first-order valence-electron chi connectivity index (χ1n) is 8.05. The molecule has 6 nitrogen and oxygen atoms in total. The molecular weight excluding hydrogens is 320 g/mol. The van der Waals surface area contributed by atoms with Crippen LogP contribution in [0.3, 0.4) is 0 Å². The van der Waals surface area contributed by atoms with Crippen LogP contribution in [0.1, 0.15) is 43.1 Å². The molecule has 128 valence electrons. The molecular formula is C19H18N2O4. The first-order valence-corrected chi connectivity index (χ1v) is 8.05. The fourth-order valence-electron chi connectivity index (χ4n) is 2.71. The van der Waals surface area contributed by atoms with Crippen LogP contribution in [-0.4, -0.2) is 40.9 Å². The molecule has 0 bridgehead atoms. The Morgan fingerprint density at radius 1 is 0.960 bits per heavy atom. The van der Waals surface area contributed by atoms with E-state index < -0.39 is 0 Å². The quantitative estimate of drug-likeness (QED) is 0.619. The predicted molar refractivity (Wildman–Crippen MR) is 91.1 cm³/mol. The van der Waals surface area contributed by atoms with Crippen molar-refractivity contribution in [2.45, 2.75) is 13.0 Å². The van der Waals surface area contributed by atoms with Crippen LogP contribution in [0, 0.1) is 0 Å². The zero-order valence-electron chi connectivity index (χ0n) is 13.6. The minimum atomic E-state index is -0.300. The van der Waals surface area contributed by atoms with Gasteiger partial charge in [0.2, 0.25) is 0 Å². The summed E-state index contributed by atoms with van der Waals surface area (Å²) in [6, 6.07) is 13.5. The summed E-state index contributed by atoms with van der Waals surface area (Å²) in [4.78, 5) is 37.8. The van der Waals surface area contributed by atoms with Crippen molar-refractivity contribution < 1.29 is 19.5 Å². The van der Waals surface area contributed by atoms with Gasteiger partial charge in [0.15, 0.2) is 0 Å². The van der Waals surface area contributed by atoms with Crippen LogP contribution in [0.5, 0.6) is 0 Å². The minimum absolute atomic E-state index is 0.0273. The van der Waals surface area contributed by atoms with E-state index in [0.29, 0.717) is 29.7 Å². The third-order valence-electron chi connectivity index (χ3n) is 4.06. The van der Waals surface area contributed by atoms with Crippen molar-refractivity contribution in [2.24, 2.45) is 0 Å². The van der Waals surface area contributed by atoms with Gasteiger partial charge in [0, 0.05) is 18.7 Å². The van der Waals surface area contributed by atoms with Crippen molar-refractivity contribution in [1.82, 2.24) is 10.2 Å². The second-order valence-corrected chi connectivity index (χ2v) is 5.77. The molecule has 2 aromatic carbocycles. The van der Waals surface area contributed by atoms with Crippen molar-refractivity contribution in [3.8, 4) is 0 Å². The second kappa shape index (κ2) is 7.27. The first kappa shape index (κ1) is 16.9. The van der Waals surface area contributed by atoms with Gasteiger partial charge in [-0.2, -0.15) is 0 Å². The lowest BCUT2D eigenvalue weighted by atomic mass is 10.1. The van der Waals surface area contributed by atoms with Gasteiger partial charge in [-0.15, -0.1) is 0 Å². The number of carbonyl (C=O) groups excluding carboxylic acids is 3. The molecule has 0 unspecified atom stereocenters. The summed E-state index contributed by atoms with van der Waals surface area (Å²) in [5, 5.41) is 11.4. The average molecular weight is 338 g/mol. The Kier molecular flexibility index (Phi) is 4.90. The predicted octanol–water partition coefficient (Wildman–Crippen LogP) is 1.60. The monoisotopic (exact) mass is 338 g/mol. The van der Waals surface area contributed by atoms with Gasteiger partial charge < -0.3 is 10.4 Å². The molecule has 6 heteroatoms. The van der Waals surface area contributed by atoms with Gasteiger partial charge in [-0.25, -0.2) is 0 Å². The van der Waals surface area contributed by atoms with Gasteiger partial charge in [-0.05, 0) is 36.2 Å². The van der Waals surface area contributed by atoms with Gasteiger partial charge in [0.1, 0.15) is 0 Å².